The summed E-state index contributed by atoms with van der Waals surface area (Å²) in [6.45, 7) is 8.94. The molecule has 1 aromatic carbocycles. The quantitative estimate of drug-likeness (QED) is 0.904. The number of amides is 1. The van der Waals surface area contributed by atoms with E-state index >= 15 is 0 Å². The van der Waals surface area contributed by atoms with Crippen molar-refractivity contribution in [1.82, 2.24) is 10.2 Å². The van der Waals surface area contributed by atoms with E-state index in [1.54, 1.807) is 0 Å². The topological polar surface area (TPSA) is 41.6 Å². The summed E-state index contributed by atoms with van der Waals surface area (Å²) in [7, 11) is 0. The predicted molar refractivity (Wildman–Crippen MR) is 91.9 cm³/mol. The molecule has 1 heterocycles. The first-order valence-corrected chi connectivity index (χ1v) is 7.84. The first kappa shape index (κ1) is 18.8. The molecule has 124 valence electrons. The highest BCUT2D eigenvalue weighted by Gasteiger charge is 2.21. The number of hydrogen-bond acceptors (Lipinski definition) is 3. The third-order valence-corrected chi connectivity index (χ3v) is 4.13. The second-order valence-corrected chi connectivity index (χ2v) is 5.83. The highest BCUT2D eigenvalue weighted by atomic mass is 35.5. The van der Waals surface area contributed by atoms with Crippen LogP contribution < -0.4 is 10.1 Å². The summed E-state index contributed by atoms with van der Waals surface area (Å²) in [5, 5.41) is 3.34. The molecule has 0 radical (unpaired) electrons. The number of hydrogen-bond donors (Lipinski definition) is 1. The molecule has 1 saturated heterocycles. The minimum absolute atomic E-state index is 0. The van der Waals surface area contributed by atoms with E-state index in [1.165, 1.54) is 5.56 Å². The molecule has 4 nitrogen and oxygen atoms in total. The molecule has 1 N–H and O–H groups in total. The van der Waals surface area contributed by atoms with Gasteiger partial charge in [0, 0.05) is 25.7 Å². The van der Waals surface area contributed by atoms with Crippen LogP contribution in [-0.4, -0.2) is 43.1 Å². The molecule has 2 atom stereocenters. The van der Waals surface area contributed by atoms with Gasteiger partial charge in [0.1, 0.15) is 5.75 Å². The number of rotatable bonds is 5. The molecule has 5 heteroatoms. The Balaban J connectivity index is 0.00000242. The Morgan fingerprint density at radius 1 is 1.45 bits per heavy atom. The van der Waals surface area contributed by atoms with Gasteiger partial charge >= 0.3 is 0 Å². The number of benzene rings is 1. The van der Waals surface area contributed by atoms with E-state index in [9.17, 15) is 4.79 Å². The Kier molecular flexibility index (Phi) is 7.69. The molecule has 22 heavy (non-hydrogen) atoms. The lowest BCUT2D eigenvalue weighted by Crippen LogP contribution is -2.52. The molecular formula is C17H27ClN2O2. The van der Waals surface area contributed by atoms with E-state index in [4.69, 9.17) is 4.74 Å². The minimum atomic E-state index is 0. The molecule has 1 aliphatic heterocycles. The van der Waals surface area contributed by atoms with Gasteiger partial charge < -0.3 is 15.0 Å². The van der Waals surface area contributed by atoms with Crippen molar-refractivity contribution in [3.05, 3.63) is 29.8 Å². The first-order valence-electron chi connectivity index (χ1n) is 7.84. The van der Waals surface area contributed by atoms with Gasteiger partial charge in [-0.25, -0.2) is 0 Å². The Hall–Kier alpha value is -1.26. The Labute approximate surface area is 139 Å². The molecule has 0 aliphatic carbocycles. The van der Waals surface area contributed by atoms with Gasteiger partial charge in [-0.15, -0.1) is 12.4 Å². The van der Waals surface area contributed by atoms with Crippen LogP contribution in [0.2, 0.25) is 0 Å². The summed E-state index contributed by atoms with van der Waals surface area (Å²) in [4.78, 5) is 14.1. The van der Waals surface area contributed by atoms with Crippen LogP contribution in [0.5, 0.6) is 5.75 Å². The minimum Gasteiger partial charge on any atom is -0.483 e. The maximum Gasteiger partial charge on any atom is 0.260 e. The van der Waals surface area contributed by atoms with Crippen molar-refractivity contribution >= 4 is 18.3 Å². The monoisotopic (exact) mass is 326 g/mol. The summed E-state index contributed by atoms with van der Waals surface area (Å²) < 4.78 is 5.80. The normalized spacial score (nSPS) is 19.2. The van der Waals surface area contributed by atoms with Gasteiger partial charge in [0.25, 0.3) is 5.91 Å². The lowest BCUT2D eigenvalue weighted by molar-refractivity contribution is -0.134. The van der Waals surface area contributed by atoms with Gasteiger partial charge in [0.05, 0.1) is 0 Å². The number of nitrogens with one attached hydrogen (secondary N) is 1. The fourth-order valence-corrected chi connectivity index (χ4v) is 2.63. The van der Waals surface area contributed by atoms with Gasteiger partial charge in [-0.05, 0) is 30.9 Å². The third-order valence-electron chi connectivity index (χ3n) is 4.13. The van der Waals surface area contributed by atoms with E-state index in [0.29, 0.717) is 12.0 Å². The van der Waals surface area contributed by atoms with E-state index in [1.807, 2.05) is 23.1 Å². The summed E-state index contributed by atoms with van der Waals surface area (Å²) in [6.07, 6.45) is 1.06. The molecule has 0 aromatic heterocycles. The predicted octanol–water partition coefficient (Wildman–Crippen LogP) is 2.82. The molecule has 0 spiro atoms. The fraction of sp³-hybridized carbons (Fsp3) is 0.588. The Morgan fingerprint density at radius 2 is 2.18 bits per heavy atom. The second-order valence-electron chi connectivity index (χ2n) is 5.83. The Morgan fingerprint density at radius 3 is 2.86 bits per heavy atom. The molecule has 0 saturated carbocycles. The maximum absolute atomic E-state index is 12.2. The summed E-state index contributed by atoms with van der Waals surface area (Å²) >= 11 is 0. The SMILES string of the molecule is CCC(C)c1ccccc1OCC(=O)N1CCNC(C)C1.Cl. The molecular weight excluding hydrogens is 300 g/mol. The van der Waals surface area contributed by atoms with Crippen LogP contribution >= 0.6 is 12.4 Å². The number of carbonyl (C=O) groups excluding carboxylic acids is 1. The third kappa shape index (κ3) is 4.89. The lowest BCUT2D eigenvalue weighted by Gasteiger charge is -2.31. The van der Waals surface area contributed by atoms with Gasteiger partial charge in [-0.1, -0.05) is 32.0 Å². The van der Waals surface area contributed by atoms with E-state index in [2.05, 4.69) is 32.2 Å². The van der Waals surface area contributed by atoms with Crippen LogP contribution in [0.25, 0.3) is 0 Å². The van der Waals surface area contributed by atoms with Gasteiger partial charge in [-0.3, -0.25) is 4.79 Å². The Bertz CT molecular complexity index is 481. The zero-order valence-corrected chi connectivity index (χ0v) is 14.5. The summed E-state index contributed by atoms with van der Waals surface area (Å²) in [5.41, 5.74) is 1.18. The molecule has 2 rings (SSSR count). The van der Waals surface area contributed by atoms with Crippen LogP contribution in [-0.2, 0) is 4.79 Å². The average Bonchev–Trinajstić information content (AvgIpc) is 2.52. The molecule has 0 bridgehead atoms. The molecule has 1 amide bonds. The van der Waals surface area contributed by atoms with Crippen molar-refractivity contribution in [3.8, 4) is 5.75 Å². The van der Waals surface area contributed by atoms with E-state index in [0.717, 1.165) is 31.8 Å². The van der Waals surface area contributed by atoms with Crippen molar-refractivity contribution in [2.75, 3.05) is 26.2 Å². The van der Waals surface area contributed by atoms with Crippen molar-refractivity contribution in [2.45, 2.75) is 39.2 Å². The zero-order chi connectivity index (χ0) is 15.2. The van der Waals surface area contributed by atoms with Crippen LogP contribution in [0.15, 0.2) is 24.3 Å². The number of carbonyl (C=O) groups is 1. The molecule has 1 aromatic rings. The van der Waals surface area contributed by atoms with Gasteiger partial charge in [0.15, 0.2) is 6.61 Å². The maximum atomic E-state index is 12.2. The largest absolute Gasteiger partial charge is 0.483 e. The molecule has 1 aliphatic rings. The zero-order valence-electron chi connectivity index (χ0n) is 13.7. The second kappa shape index (κ2) is 9.01. The van der Waals surface area contributed by atoms with Crippen LogP contribution in [0.3, 0.4) is 0 Å². The van der Waals surface area contributed by atoms with Gasteiger partial charge in [0.2, 0.25) is 0 Å². The van der Waals surface area contributed by atoms with Crippen molar-refractivity contribution < 1.29 is 9.53 Å². The number of nitrogens with zero attached hydrogens (tertiary/aromatic N) is 1. The smallest absolute Gasteiger partial charge is 0.260 e. The van der Waals surface area contributed by atoms with Gasteiger partial charge in [-0.2, -0.15) is 0 Å². The first-order chi connectivity index (χ1) is 10.1. The van der Waals surface area contributed by atoms with E-state index < -0.39 is 0 Å². The fourth-order valence-electron chi connectivity index (χ4n) is 2.63. The van der Waals surface area contributed by atoms with E-state index in [-0.39, 0.29) is 24.9 Å². The number of halogens is 1. The lowest BCUT2D eigenvalue weighted by atomic mass is 9.98. The van der Waals surface area contributed by atoms with Crippen LogP contribution in [0.1, 0.15) is 38.7 Å². The summed E-state index contributed by atoms with van der Waals surface area (Å²) in [5.74, 6) is 1.35. The standard InChI is InChI=1S/C17H26N2O2.ClH/c1-4-13(2)15-7-5-6-8-16(15)21-12-17(20)19-10-9-18-14(3)11-19;/h5-8,13-14,18H,4,9-12H2,1-3H3;1H. The van der Waals surface area contributed by atoms with Crippen LogP contribution in [0, 0.1) is 0 Å². The molecule has 2 unspecified atom stereocenters. The number of para-hydroxylation sites is 1. The van der Waals surface area contributed by atoms with Crippen LogP contribution in [0.4, 0.5) is 0 Å². The summed E-state index contributed by atoms with van der Waals surface area (Å²) in [6, 6.07) is 8.37. The van der Waals surface area contributed by atoms with Crippen molar-refractivity contribution in [1.29, 1.82) is 0 Å². The highest BCUT2D eigenvalue weighted by molar-refractivity contribution is 5.85. The number of piperazine rings is 1. The van der Waals surface area contributed by atoms with Crippen molar-refractivity contribution in [3.63, 3.8) is 0 Å². The molecule has 1 fully saturated rings. The number of ether oxygens (including phenoxy) is 1. The van der Waals surface area contributed by atoms with Crippen molar-refractivity contribution in [2.24, 2.45) is 0 Å². The average molecular weight is 327 g/mol. The highest BCUT2D eigenvalue weighted by Crippen LogP contribution is 2.28.